The van der Waals surface area contributed by atoms with Crippen molar-refractivity contribution in [2.45, 2.75) is 32.2 Å². The molecule has 1 rings (SSSR count). The van der Waals surface area contributed by atoms with Crippen LogP contribution in [0.3, 0.4) is 0 Å². The summed E-state index contributed by atoms with van der Waals surface area (Å²) in [5.74, 6) is 0.621. The summed E-state index contributed by atoms with van der Waals surface area (Å²) in [5, 5.41) is 8.97. The van der Waals surface area contributed by atoms with Crippen molar-refractivity contribution in [1.29, 1.82) is 5.26 Å². The minimum absolute atomic E-state index is 0.106. The van der Waals surface area contributed by atoms with Crippen molar-refractivity contribution < 1.29 is 4.74 Å². The van der Waals surface area contributed by atoms with E-state index in [1.54, 1.807) is 7.11 Å². The van der Waals surface area contributed by atoms with Crippen LogP contribution in [-0.4, -0.2) is 37.7 Å². The first kappa shape index (κ1) is 11.5. The second-order valence-corrected chi connectivity index (χ2v) is 4.01. The molecule has 0 radical (unpaired) electrons. The Bertz CT molecular complexity index is 198. The Balaban J connectivity index is 2.43. The number of nitriles is 1. The molecule has 0 amide bonds. The highest BCUT2D eigenvalue weighted by atomic mass is 16.5. The van der Waals surface area contributed by atoms with E-state index >= 15 is 0 Å². The first-order valence-electron chi connectivity index (χ1n) is 5.44. The molecule has 0 bridgehead atoms. The maximum absolute atomic E-state index is 8.97. The molecule has 2 atom stereocenters. The molecule has 3 heteroatoms. The first-order valence-corrected chi connectivity index (χ1v) is 5.44. The SMILES string of the molecule is CCC(C#N)N1CCCC(COC)C1. The van der Waals surface area contributed by atoms with Gasteiger partial charge in [0.2, 0.25) is 0 Å². The second kappa shape index (κ2) is 6.00. The van der Waals surface area contributed by atoms with Gasteiger partial charge in [-0.3, -0.25) is 4.90 Å². The first-order chi connectivity index (χ1) is 6.81. The topological polar surface area (TPSA) is 36.3 Å². The summed E-state index contributed by atoms with van der Waals surface area (Å²) < 4.78 is 5.17. The maximum Gasteiger partial charge on any atom is 0.0975 e. The highest BCUT2D eigenvalue weighted by Gasteiger charge is 2.24. The third kappa shape index (κ3) is 2.97. The van der Waals surface area contributed by atoms with Gasteiger partial charge in [-0.25, -0.2) is 0 Å². The van der Waals surface area contributed by atoms with Gasteiger partial charge in [-0.05, 0) is 31.7 Å². The predicted octanol–water partition coefficient (Wildman–Crippen LogP) is 1.65. The van der Waals surface area contributed by atoms with Crippen LogP contribution in [0.1, 0.15) is 26.2 Å². The molecule has 14 heavy (non-hydrogen) atoms. The predicted molar refractivity (Wildman–Crippen MR) is 55.9 cm³/mol. The highest BCUT2D eigenvalue weighted by Crippen LogP contribution is 2.19. The van der Waals surface area contributed by atoms with E-state index in [2.05, 4.69) is 17.9 Å². The van der Waals surface area contributed by atoms with Crippen LogP contribution in [-0.2, 0) is 4.74 Å². The van der Waals surface area contributed by atoms with E-state index in [0.717, 1.165) is 26.1 Å². The van der Waals surface area contributed by atoms with Gasteiger partial charge in [0.05, 0.1) is 18.7 Å². The van der Waals surface area contributed by atoms with Crippen molar-refractivity contribution in [3.63, 3.8) is 0 Å². The fourth-order valence-electron chi connectivity index (χ4n) is 2.18. The maximum atomic E-state index is 8.97. The van der Waals surface area contributed by atoms with E-state index in [1.807, 2.05) is 0 Å². The molecular weight excluding hydrogens is 176 g/mol. The van der Waals surface area contributed by atoms with Crippen molar-refractivity contribution in [2.24, 2.45) is 5.92 Å². The summed E-state index contributed by atoms with van der Waals surface area (Å²) in [6, 6.07) is 2.48. The molecule has 0 aromatic carbocycles. The number of hydrogen-bond donors (Lipinski definition) is 0. The Morgan fingerprint density at radius 3 is 3.00 bits per heavy atom. The summed E-state index contributed by atoms with van der Waals surface area (Å²) in [6.07, 6.45) is 3.37. The minimum Gasteiger partial charge on any atom is -0.384 e. The zero-order valence-corrected chi connectivity index (χ0v) is 9.20. The Labute approximate surface area is 86.6 Å². The van der Waals surface area contributed by atoms with Crippen LogP contribution in [0, 0.1) is 17.2 Å². The van der Waals surface area contributed by atoms with Crippen LogP contribution in [0.4, 0.5) is 0 Å². The van der Waals surface area contributed by atoms with Gasteiger partial charge in [0.1, 0.15) is 0 Å². The number of hydrogen-bond acceptors (Lipinski definition) is 3. The van der Waals surface area contributed by atoms with Crippen LogP contribution in [0.15, 0.2) is 0 Å². The smallest absolute Gasteiger partial charge is 0.0975 e. The monoisotopic (exact) mass is 196 g/mol. The van der Waals surface area contributed by atoms with E-state index in [4.69, 9.17) is 10.00 Å². The molecule has 0 saturated carbocycles. The summed E-state index contributed by atoms with van der Waals surface area (Å²) in [5.41, 5.74) is 0. The molecule has 0 spiro atoms. The standard InChI is InChI=1S/C11H20N2O/c1-3-11(7-12)13-6-4-5-10(8-13)9-14-2/h10-11H,3-6,8-9H2,1-2H3. The average Bonchev–Trinajstić information content (AvgIpc) is 2.21. The molecule has 2 unspecified atom stereocenters. The lowest BCUT2D eigenvalue weighted by Gasteiger charge is -2.34. The average molecular weight is 196 g/mol. The normalized spacial score (nSPS) is 25.6. The Kier molecular flexibility index (Phi) is 4.92. The van der Waals surface area contributed by atoms with Crippen molar-refractivity contribution in [3.8, 4) is 6.07 Å². The molecule has 1 heterocycles. The van der Waals surface area contributed by atoms with Crippen molar-refractivity contribution in [2.75, 3.05) is 26.8 Å². The Morgan fingerprint density at radius 2 is 2.43 bits per heavy atom. The lowest BCUT2D eigenvalue weighted by molar-refractivity contribution is 0.0789. The van der Waals surface area contributed by atoms with Crippen molar-refractivity contribution in [3.05, 3.63) is 0 Å². The van der Waals surface area contributed by atoms with Gasteiger partial charge in [-0.15, -0.1) is 0 Å². The molecule has 1 aliphatic heterocycles. The van der Waals surface area contributed by atoms with E-state index in [-0.39, 0.29) is 6.04 Å². The van der Waals surface area contributed by atoms with Crippen LogP contribution in [0.5, 0.6) is 0 Å². The molecule has 1 aliphatic rings. The summed E-state index contributed by atoms with van der Waals surface area (Å²) in [6.45, 7) is 5.01. The quantitative estimate of drug-likeness (QED) is 0.686. The van der Waals surface area contributed by atoms with Crippen LogP contribution >= 0.6 is 0 Å². The Hall–Kier alpha value is -0.590. The molecule has 1 saturated heterocycles. The summed E-state index contributed by atoms with van der Waals surface area (Å²) in [4.78, 5) is 2.30. The molecule has 0 aromatic heterocycles. The van der Waals surface area contributed by atoms with Crippen molar-refractivity contribution in [1.82, 2.24) is 4.90 Å². The third-order valence-electron chi connectivity index (χ3n) is 2.93. The van der Waals surface area contributed by atoms with Gasteiger partial charge >= 0.3 is 0 Å². The van der Waals surface area contributed by atoms with Crippen LogP contribution < -0.4 is 0 Å². The Morgan fingerprint density at radius 1 is 1.64 bits per heavy atom. The summed E-state index contributed by atoms with van der Waals surface area (Å²) in [7, 11) is 1.75. The highest BCUT2D eigenvalue weighted by molar-refractivity contribution is 4.92. The van der Waals surface area contributed by atoms with Gasteiger partial charge in [-0.2, -0.15) is 5.26 Å². The van der Waals surface area contributed by atoms with E-state index in [0.29, 0.717) is 5.92 Å². The molecule has 1 fully saturated rings. The third-order valence-corrected chi connectivity index (χ3v) is 2.93. The van der Waals surface area contributed by atoms with Gasteiger partial charge in [-0.1, -0.05) is 6.92 Å². The minimum atomic E-state index is 0.106. The molecule has 80 valence electrons. The van der Waals surface area contributed by atoms with E-state index < -0.39 is 0 Å². The fraction of sp³-hybridized carbons (Fsp3) is 0.909. The van der Waals surface area contributed by atoms with Crippen molar-refractivity contribution >= 4 is 0 Å². The number of rotatable bonds is 4. The fourth-order valence-corrected chi connectivity index (χ4v) is 2.18. The zero-order chi connectivity index (χ0) is 10.4. The van der Waals surface area contributed by atoms with Gasteiger partial charge < -0.3 is 4.74 Å². The summed E-state index contributed by atoms with van der Waals surface area (Å²) >= 11 is 0. The van der Waals surface area contributed by atoms with Gasteiger partial charge in [0, 0.05) is 13.7 Å². The molecule has 0 N–H and O–H groups in total. The van der Waals surface area contributed by atoms with Crippen LogP contribution in [0.25, 0.3) is 0 Å². The van der Waals surface area contributed by atoms with Gasteiger partial charge in [0.15, 0.2) is 0 Å². The number of methoxy groups -OCH3 is 1. The largest absolute Gasteiger partial charge is 0.384 e. The molecular formula is C11H20N2O. The lowest BCUT2D eigenvalue weighted by Crippen LogP contribution is -2.42. The zero-order valence-electron chi connectivity index (χ0n) is 9.20. The molecule has 3 nitrogen and oxygen atoms in total. The number of nitrogens with zero attached hydrogens (tertiary/aromatic N) is 2. The number of ether oxygens (including phenoxy) is 1. The molecule has 0 aromatic rings. The number of likely N-dealkylation sites (tertiary alicyclic amines) is 1. The lowest BCUT2D eigenvalue weighted by atomic mass is 9.97. The second-order valence-electron chi connectivity index (χ2n) is 4.01. The number of piperidine rings is 1. The van der Waals surface area contributed by atoms with Gasteiger partial charge in [0.25, 0.3) is 0 Å². The van der Waals surface area contributed by atoms with E-state index in [1.165, 1.54) is 12.8 Å². The van der Waals surface area contributed by atoms with Crippen LogP contribution in [0.2, 0.25) is 0 Å². The molecule has 0 aliphatic carbocycles. The van der Waals surface area contributed by atoms with E-state index in [9.17, 15) is 0 Å².